The molecule has 15 heteroatoms. The molecule has 2 aliphatic heterocycles. The molecule has 0 spiro atoms. The van der Waals surface area contributed by atoms with Gasteiger partial charge >= 0.3 is 5.97 Å². The van der Waals surface area contributed by atoms with Crippen LogP contribution in [0.1, 0.15) is 41.5 Å². The summed E-state index contributed by atoms with van der Waals surface area (Å²) in [5.41, 5.74) is 8.18. The average molecular weight is 738 g/mol. The number of pyridine rings is 1. The van der Waals surface area contributed by atoms with E-state index >= 15 is 0 Å². The number of fused-ring (bicyclic) bond motifs is 1. The summed E-state index contributed by atoms with van der Waals surface area (Å²) >= 11 is 3.67. The van der Waals surface area contributed by atoms with Crippen molar-refractivity contribution >= 4 is 69.8 Å². The highest BCUT2D eigenvalue weighted by molar-refractivity contribution is 8.08. The van der Waals surface area contributed by atoms with Gasteiger partial charge in [-0.2, -0.15) is 9.36 Å². The maximum atomic E-state index is 14.3. The Morgan fingerprint density at radius 3 is 2.49 bits per heavy atom. The van der Waals surface area contributed by atoms with Gasteiger partial charge in [-0.1, -0.05) is 89.7 Å². The first kappa shape index (κ1) is 34.2. The van der Waals surface area contributed by atoms with E-state index in [0.717, 1.165) is 41.1 Å². The summed E-state index contributed by atoms with van der Waals surface area (Å²) in [5.74, 6) is -1.45. The maximum Gasteiger partial charge on any atom is 0.356 e. The Hall–Kier alpha value is -5.25. The lowest BCUT2D eigenvalue weighted by Crippen LogP contribution is -2.71. The normalized spacial score (nSPS) is 20.0. The van der Waals surface area contributed by atoms with E-state index in [2.05, 4.69) is 24.8 Å². The van der Waals surface area contributed by atoms with Crippen LogP contribution in [-0.4, -0.2) is 66.0 Å². The van der Waals surface area contributed by atoms with Crippen molar-refractivity contribution in [2.75, 3.05) is 11.5 Å². The molecular formula is C36H31N7O5S3. The van der Waals surface area contributed by atoms with Crippen LogP contribution < -0.4 is 11.1 Å². The first-order chi connectivity index (χ1) is 25.0. The molecule has 7 rings (SSSR count). The molecule has 4 heterocycles. The second-order valence-corrected chi connectivity index (χ2v) is 14.4. The number of β-lactam (4-membered cyclic amide) rings is 1. The van der Waals surface area contributed by atoms with E-state index in [4.69, 9.17) is 15.3 Å². The number of ether oxygens (including phenoxy) is 1. The maximum absolute atomic E-state index is 14.3. The number of oxime groups is 1. The molecule has 2 aromatic carbocycles. The molecule has 2 amide bonds. The van der Waals surface area contributed by atoms with Crippen LogP contribution in [0.15, 0.2) is 119 Å². The molecule has 12 nitrogen and oxygen atoms in total. The molecule has 2 unspecified atom stereocenters. The fourth-order valence-corrected chi connectivity index (χ4v) is 8.41. The number of carbonyl (C=O) groups excluding carboxylic acids is 3. The number of nitrogens with zero attached hydrogens (tertiary/aromatic N) is 5. The zero-order chi connectivity index (χ0) is 35.2. The van der Waals surface area contributed by atoms with Crippen LogP contribution in [0.25, 0.3) is 6.08 Å². The zero-order valence-corrected chi connectivity index (χ0v) is 29.4. The molecule has 3 N–H and O–H groups in total. The Labute approximate surface area is 306 Å². The van der Waals surface area contributed by atoms with Crippen LogP contribution in [0.2, 0.25) is 0 Å². The predicted molar refractivity (Wildman–Crippen MR) is 198 cm³/mol. The van der Waals surface area contributed by atoms with Crippen molar-refractivity contribution in [1.29, 1.82) is 0 Å². The number of nitrogen functional groups attached to an aromatic ring is 1. The quantitative estimate of drug-likeness (QED) is 0.0638. The minimum atomic E-state index is -0.964. The zero-order valence-electron chi connectivity index (χ0n) is 26.9. The highest BCUT2D eigenvalue weighted by Gasteiger charge is 2.55. The lowest BCUT2D eigenvalue weighted by Gasteiger charge is -2.49. The lowest BCUT2D eigenvalue weighted by molar-refractivity contribution is -0.154. The van der Waals surface area contributed by atoms with Crippen molar-refractivity contribution in [2.24, 2.45) is 5.16 Å². The summed E-state index contributed by atoms with van der Waals surface area (Å²) in [6.07, 6.45) is 9.67. The molecule has 51 heavy (non-hydrogen) atoms. The van der Waals surface area contributed by atoms with Gasteiger partial charge in [0.15, 0.2) is 11.2 Å². The van der Waals surface area contributed by atoms with Gasteiger partial charge in [0.25, 0.3) is 11.8 Å². The number of hydrogen-bond acceptors (Lipinski definition) is 13. The SMILES string of the molecule is Nc1nc(C(=NOC2C=CCC2)C(=O)NC2C(=O)N3C(C(=O)OC(c4ccccc4)c4ccccc4)=C(S/C=C\c4cccnc4)CS[C@@H]23)ns1. The number of esters is 1. The summed E-state index contributed by atoms with van der Waals surface area (Å²) in [4.78, 5) is 57.8. The first-order valence-corrected chi connectivity index (χ1v) is 18.7. The van der Waals surface area contributed by atoms with E-state index < -0.39 is 35.3 Å². The fourth-order valence-electron chi connectivity index (χ4n) is 5.63. The molecule has 3 aliphatic rings. The highest BCUT2D eigenvalue weighted by Crippen LogP contribution is 2.45. The second kappa shape index (κ2) is 15.7. The molecule has 4 aromatic rings. The van der Waals surface area contributed by atoms with Gasteiger partial charge in [0, 0.05) is 34.6 Å². The Kier molecular flexibility index (Phi) is 10.6. The summed E-state index contributed by atoms with van der Waals surface area (Å²) in [7, 11) is 0. The number of nitrogens with two attached hydrogens (primary N) is 1. The van der Waals surface area contributed by atoms with Crippen molar-refractivity contribution < 1.29 is 24.0 Å². The monoisotopic (exact) mass is 737 g/mol. The van der Waals surface area contributed by atoms with Crippen molar-refractivity contribution in [3.63, 3.8) is 0 Å². The molecule has 0 bridgehead atoms. The standard InChI is InChI=1S/C36H31N7O5S3/c37-36-40-31(42-51-36)27(41-48-25-15-7-8-16-25)32(44)39-28-33(45)43-29(26(21-50-34(28)43)49-19-17-22-10-9-18-38-20-22)35(46)47-30(23-11-3-1-4-12-23)24-13-5-2-6-14-24/h1-7,9-15,17-20,25,28,30,34H,8,16,21H2,(H,39,44)(H2,37,40,42)/b19-17-,41-27?/t25?,28?,34-/m0/s1. The molecule has 0 saturated carbocycles. The van der Waals surface area contributed by atoms with Crippen LogP contribution in [0.4, 0.5) is 5.13 Å². The molecular weight excluding hydrogens is 707 g/mol. The van der Waals surface area contributed by atoms with Gasteiger partial charge < -0.3 is 20.6 Å². The Bertz CT molecular complexity index is 1980. The molecule has 258 valence electrons. The third-order valence-corrected chi connectivity index (χ3v) is 11.0. The molecule has 1 saturated heterocycles. The third-order valence-electron chi connectivity index (χ3n) is 8.11. The number of hydrogen-bond donors (Lipinski definition) is 2. The Morgan fingerprint density at radius 2 is 1.84 bits per heavy atom. The average Bonchev–Trinajstić information content (AvgIpc) is 3.85. The number of allylic oxidation sites excluding steroid dienone is 1. The van der Waals surface area contributed by atoms with Crippen LogP contribution >= 0.6 is 35.1 Å². The van der Waals surface area contributed by atoms with Gasteiger partial charge in [0.2, 0.25) is 11.5 Å². The van der Waals surface area contributed by atoms with Crippen molar-refractivity contribution in [1.82, 2.24) is 24.6 Å². The molecule has 1 fully saturated rings. The van der Waals surface area contributed by atoms with E-state index in [1.54, 1.807) is 12.4 Å². The summed E-state index contributed by atoms with van der Waals surface area (Å²) in [6.45, 7) is 0. The lowest BCUT2D eigenvalue weighted by atomic mass is 10.0. The summed E-state index contributed by atoms with van der Waals surface area (Å²) in [5, 5.41) is 8.28. The minimum absolute atomic E-state index is 0.00646. The number of aromatic nitrogens is 3. The van der Waals surface area contributed by atoms with Crippen LogP contribution in [0.3, 0.4) is 0 Å². The number of nitrogens with one attached hydrogen (secondary N) is 1. The first-order valence-electron chi connectivity index (χ1n) is 16.0. The van der Waals surface area contributed by atoms with E-state index in [-0.39, 0.29) is 28.5 Å². The number of benzene rings is 2. The number of thioether (sulfide) groups is 2. The largest absolute Gasteiger partial charge is 0.448 e. The van der Waals surface area contributed by atoms with Gasteiger partial charge in [-0.05, 0) is 53.2 Å². The third kappa shape index (κ3) is 7.75. The topological polar surface area (TPSA) is 162 Å². The fraction of sp³-hybridized carbons (Fsp3) is 0.194. The van der Waals surface area contributed by atoms with Crippen LogP contribution in [-0.2, 0) is 24.0 Å². The van der Waals surface area contributed by atoms with E-state index in [1.807, 2.05) is 96.4 Å². The number of anilines is 1. The van der Waals surface area contributed by atoms with E-state index in [0.29, 0.717) is 10.7 Å². The molecule has 2 aromatic heterocycles. The second-order valence-electron chi connectivity index (χ2n) is 11.5. The van der Waals surface area contributed by atoms with E-state index in [1.165, 1.54) is 28.4 Å². The van der Waals surface area contributed by atoms with Gasteiger partial charge in [0.05, 0.1) is 0 Å². The number of amides is 2. The van der Waals surface area contributed by atoms with Gasteiger partial charge in [0.1, 0.15) is 23.2 Å². The smallest absolute Gasteiger partial charge is 0.356 e. The van der Waals surface area contributed by atoms with E-state index in [9.17, 15) is 14.4 Å². The number of carbonyl (C=O) groups is 3. The molecule has 0 radical (unpaired) electrons. The van der Waals surface area contributed by atoms with Crippen LogP contribution in [0, 0.1) is 0 Å². The predicted octanol–water partition coefficient (Wildman–Crippen LogP) is 5.30. The minimum Gasteiger partial charge on any atom is -0.448 e. The van der Waals surface area contributed by atoms with Gasteiger partial charge in [-0.15, -0.1) is 11.8 Å². The highest BCUT2D eigenvalue weighted by atomic mass is 32.2. The Balaban J connectivity index is 1.16. The summed E-state index contributed by atoms with van der Waals surface area (Å²) in [6, 6.07) is 21.7. The van der Waals surface area contributed by atoms with Gasteiger partial charge in [-0.3, -0.25) is 19.5 Å². The Morgan fingerprint density at radius 1 is 1.08 bits per heavy atom. The van der Waals surface area contributed by atoms with Crippen molar-refractivity contribution in [3.8, 4) is 0 Å². The van der Waals surface area contributed by atoms with Crippen molar-refractivity contribution in [3.05, 3.63) is 136 Å². The number of rotatable bonds is 12. The van der Waals surface area contributed by atoms with Gasteiger partial charge in [-0.25, -0.2) is 4.79 Å². The molecule has 1 aliphatic carbocycles. The van der Waals surface area contributed by atoms with Crippen molar-refractivity contribution in [2.45, 2.75) is 36.5 Å². The molecule has 3 atom stereocenters. The summed E-state index contributed by atoms with van der Waals surface area (Å²) < 4.78 is 10.4. The van der Waals surface area contributed by atoms with Crippen LogP contribution in [0.5, 0.6) is 0 Å².